The SMILES string of the molecule is CC/C=C\C/C=C\C/C=C\C/C=C\CCCOCC(COC1OC(COC2OC(CO)C(O)C(O)C2O)C(O)C(O)C1O)OC(=O)CCCCCCC/C=C\CCC. The molecular formula is C44H74O14. The largest absolute Gasteiger partial charge is 0.457 e. The smallest absolute Gasteiger partial charge is 0.306 e. The molecule has 58 heavy (non-hydrogen) atoms. The molecule has 0 radical (unpaired) electrons. The Kier molecular flexibility index (Phi) is 29.0. The molecule has 11 atom stereocenters. The lowest BCUT2D eigenvalue weighted by Gasteiger charge is -2.42. The van der Waals surface area contributed by atoms with E-state index in [1.54, 1.807) is 0 Å². The molecule has 0 aliphatic carbocycles. The monoisotopic (exact) mass is 827 g/mol. The highest BCUT2D eigenvalue weighted by atomic mass is 16.7. The van der Waals surface area contributed by atoms with Crippen LogP contribution in [0.1, 0.15) is 110 Å². The van der Waals surface area contributed by atoms with E-state index in [1.807, 2.05) is 0 Å². The summed E-state index contributed by atoms with van der Waals surface area (Å²) < 4.78 is 33.9. The van der Waals surface area contributed by atoms with Crippen LogP contribution < -0.4 is 0 Å². The predicted molar refractivity (Wildman–Crippen MR) is 219 cm³/mol. The molecule has 0 aromatic rings. The fraction of sp³-hybridized carbons (Fsp3) is 0.750. The van der Waals surface area contributed by atoms with Crippen molar-refractivity contribution in [3.05, 3.63) is 60.8 Å². The number of aliphatic hydroxyl groups excluding tert-OH is 7. The van der Waals surface area contributed by atoms with Crippen molar-refractivity contribution in [3.8, 4) is 0 Å². The van der Waals surface area contributed by atoms with Gasteiger partial charge in [-0.3, -0.25) is 4.79 Å². The van der Waals surface area contributed by atoms with Crippen LogP contribution in [0.2, 0.25) is 0 Å². The Hall–Kier alpha value is -2.31. The molecule has 7 N–H and O–H groups in total. The van der Waals surface area contributed by atoms with Gasteiger partial charge in [-0.2, -0.15) is 0 Å². The molecule has 0 saturated carbocycles. The minimum Gasteiger partial charge on any atom is -0.457 e. The van der Waals surface area contributed by atoms with Gasteiger partial charge >= 0.3 is 5.97 Å². The number of unbranched alkanes of at least 4 members (excludes halogenated alkanes) is 7. The Morgan fingerprint density at radius 2 is 1.12 bits per heavy atom. The fourth-order valence-electron chi connectivity index (χ4n) is 6.23. The summed E-state index contributed by atoms with van der Waals surface area (Å²) in [7, 11) is 0. The van der Waals surface area contributed by atoms with Crippen LogP contribution in [0.5, 0.6) is 0 Å². The Bertz CT molecular complexity index is 1190. The van der Waals surface area contributed by atoms with Gasteiger partial charge in [0.25, 0.3) is 0 Å². The average Bonchev–Trinajstić information content (AvgIpc) is 3.22. The summed E-state index contributed by atoms with van der Waals surface area (Å²) in [4.78, 5) is 12.9. The number of allylic oxidation sites excluding steroid dienone is 10. The first kappa shape index (κ1) is 51.8. The van der Waals surface area contributed by atoms with Crippen molar-refractivity contribution in [2.45, 2.75) is 178 Å². The van der Waals surface area contributed by atoms with Crippen LogP contribution in [0.3, 0.4) is 0 Å². The number of hydrogen-bond acceptors (Lipinski definition) is 14. The average molecular weight is 827 g/mol. The molecule has 11 unspecified atom stereocenters. The van der Waals surface area contributed by atoms with E-state index in [2.05, 4.69) is 74.6 Å². The van der Waals surface area contributed by atoms with Crippen molar-refractivity contribution in [2.75, 3.05) is 33.0 Å². The van der Waals surface area contributed by atoms with Crippen molar-refractivity contribution in [1.29, 1.82) is 0 Å². The van der Waals surface area contributed by atoms with Crippen molar-refractivity contribution in [3.63, 3.8) is 0 Å². The molecule has 2 rings (SSSR count). The number of aliphatic hydroxyl groups is 7. The van der Waals surface area contributed by atoms with E-state index in [1.165, 1.54) is 0 Å². The molecule has 0 spiro atoms. The third-order valence-corrected chi connectivity index (χ3v) is 9.74. The quantitative estimate of drug-likeness (QED) is 0.0296. The van der Waals surface area contributed by atoms with Gasteiger partial charge in [0.1, 0.15) is 54.9 Å². The second kappa shape index (κ2) is 32.5. The Morgan fingerprint density at radius 3 is 1.78 bits per heavy atom. The first-order valence-electron chi connectivity index (χ1n) is 21.4. The normalized spacial score (nSPS) is 28.8. The molecule has 2 fully saturated rings. The number of esters is 1. The van der Waals surface area contributed by atoms with Gasteiger partial charge in [0.15, 0.2) is 12.6 Å². The second-order valence-corrected chi connectivity index (χ2v) is 14.8. The Labute approximate surface area is 345 Å². The molecule has 2 heterocycles. The van der Waals surface area contributed by atoms with E-state index >= 15 is 0 Å². The first-order valence-corrected chi connectivity index (χ1v) is 21.4. The molecule has 0 bridgehead atoms. The Balaban J connectivity index is 1.87. The number of hydrogen-bond donors (Lipinski definition) is 7. The summed E-state index contributed by atoms with van der Waals surface area (Å²) in [6.45, 7) is 3.30. The topological polar surface area (TPSA) is 214 Å². The van der Waals surface area contributed by atoms with Crippen molar-refractivity contribution < 1.29 is 69.0 Å². The summed E-state index contributed by atoms with van der Waals surface area (Å²) >= 11 is 0. The minimum absolute atomic E-state index is 0.0170. The summed E-state index contributed by atoms with van der Waals surface area (Å²) in [5, 5.41) is 71.7. The van der Waals surface area contributed by atoms with Crippen LogP contribution in [0, 0.1) is 0 Å². The van der Waals surface area contributed by atoms with Crippen LogP contribution in [0.25, 0.3) is 0 Å². The van der Waals surface area contributed by atoms with Gasteiger partial charge in [-0.25, -0.2) is 0 Å². The lowest BCUT2D eigenvalue weighted by Crippen LogP contribution is -2.61. The maximum Gasteiger partial charge on any atom is 0.306 e. The van der Waals surface area contributed by atoms with E-state index in [4.69, 9.17) is 28.4 Å². The van der Waals surface area contributed by atoms with Crippen LogP contribution in [0.15, 0.2) is 60.8 Å². The van der Waals surface area contributed by atoms with E-state index in [0.717, 1.165) is 83.5 Å². The van der Waals surface area contributed by atoms with Crippen molar-refractivity contribution >= 4 is 5.97 Å². The summed E-state index contributed by atoms with van der Waals surface area (Å²) in [6.07, 6.45) is 18.9. The van der Waals surface area contributed by atoms with Crippen LogP contribution in [0.4, 0.5) is 0 Å². The number of carbonyl (C=O) groups is 1. The third-order valence-electron chi connectivity index (χ3n) is 9.74. The van der Waals surface area contributed by atoms with Crippen LogP contribution in [-0.4, -0.2) is 142 Å². The van der Waals surface area contributed by atoms with Crippen LogP contribution >= 0.6 is 0 Å². The zero-order valence-corrected chi connectivity index (χ0v) is 34.8. The molecule has 0 aromatic heterocycles. The molecule has 2 saturated heterocycles. The minimum atomic E-state index is -1.72. The first-order chi connectivity index (χ1) is 28.1. The summed E-state index contributed by atoms with van der Waals surface area (Å²) in [5.41, 5.74) is 0. The number of ether oxygens (including phenoxy) is 6. The number of rotatable bonds is 31. The number of carbonyl (C=O) groups excluding carboxylic acids is 1. The zero-order valence-electron chi connectivity index (χ0n) is 34.8. The molecule has 2 aliphatic heterocycles. The van der Waals surface area contributed by atoms with E-state index in [-0.39, 0.29) is 19.6 Å². The molecule has 0 aromatic carbocycles. The molecule has 2 aliphatic rings. The maximum atomic E-state index is 12.9. The highest BCUT2D eigenvalue weighted by Gasteiger charge is 2.47. The van der Waals surface area contributed by atoms with Gasteiger partial charge < -0.3 is 64.2 Å². The van der Waals surface area contributed by atoms with Crippen molar-refractivity contribution in [1.82, 2.24) is 0 Å². The fourth-order valence-corrected chi connectivity index (χ4v) is 6.23. The lowest BCUT2D eigenvalue weighted by molar-refractivity contribution is -0.332. The molecule has 0 amide bonds. The van der Waals surface area contributed by atoms with Crippen molar-refractivity contribution in [2.24, 2.45) is 0 Å². The second-order valence-electron chi connectivity index (χ2n) is 14.8. The van der Waals surface area contributed by atoms with E-state index in [9.17, 15) is 40.5 Å². The highest BCUT2D eigenvalue weighted by molar-refractivity contribution is 5.69. The summed E-state index contributed by atoms with van der Waals surface area (Å²) in [6, 6.07) is 0. The molecular weight excluding hydrogens is 752 g/mol. The predicted octanol–water partition coefficient (Wildman–Crippen LogP) is 4.23. The van der Waals surface area contributed by atoms with E-state index in [0.29, 0.717) is 13.0 Å². The zero-order chi connectivity index (χ0) is 42.4. The lowest BCUT2D eigenvalue weighted by atomic mass is 9.98. The van der Waals surface area contributed by atoms with Gasteiger partial charge in [-0.05, 0) is 64.2 Å². The van der Waals surface area contributed by atoms with E-state index < -0.39 is 86.7 Å². The molecule has 14 heteroatoms. The third kappa shape index (κ3) is 21.3. The van der Waals surface area contributed by atoms with Gasteiger partial charge in [0.2, 0.25) is 0 Å². The van der Waals surface area contributed by atoms with Crippen LogP contribution in [-0.2, 0) is 33.2 Å². The van der Waals surface area contributed by atoms with Gasteiger partial charge in [0, 0.05) is 13.0 Å². The van der Waals surface area contributed by atoms with Gasteiger partial charge in [-0.15, -0.1) is 0 Å². The Morgan fingerprint density at radius 1 is 0.586 bits per heavy atom. The molecule has 334 valence electrons. The highest BCUT2D eigenvalue weighted by Crippen LogP contribution is 2.26. The maximum absolute atomic E-state index is 12.9. The van der Waals surface area contributed by atoms with Gasteiger partial charge in [-0.1, -0.05) is 100 Å². The summed E-state index contributed by atoms with van der Waals surface area (Å²) in [5.74, 6) is -0.411. The molecule has 14 nitrogen and oxygen atoms in total. The van der Waals surface area contributed by atoms with Gasteiger partial charge in [0.05, 0.1) is 26.4 Å². The standard InChI is InChI=1S/C44H74O14/c1-3-5-7-9-11-13-15-16-17-18-20-22-24-26-28-53-30-33(56-36(46)27-25-23-21-19-14-12-10-8-6-4-2)31-54-43-42(52)40(50)38(48)35(58-43)32-55-44-41(51)39(49)37(47)34(29-45)57-44/h5,7-8,10-11,13,16-17,20,22,33-35,37-45,47-52H,3-4,6,9,12,14-15,18-19,21,23-32H2,1-2H3/b7-5-,10-8-,13-11-,17-16-,22-20-.